The molecule has 0 aliphatic carbocycles. The van der Waals surface area contributed by atoms with E-state index in [1.54, 1.807) is 0 Å². The van der Waals surface area contributed by atoms with E-state index in [1.165, 1.54) is 13.0 Å². The van der Waals surface area contributed by atoms with Gasteiger partial charge in [0.25, 0.3) is 0 Å². The summed E-state index contributed by atoms with van der Waals surface area (Å²) < 4.78 is 39.0. The van der Waals surface area contributed by atoms with Crippen LogP contribution in [0.5, 0.6) is 0 Å². The lowest BCUT2D eigenvalue weighted by molar-refractivity contribution is -0.137. The molecule has 7 heteroatoms. The number of carbonyl (C=O) groups is 1. The zero-order valence-corrected chi connectivity index (χ0v) is 14.4. The van der Waals surface area contributed by atoms with Gasteiger partial charge in [0, 0.05) is 38.8 Å². The van der Waals surface area contributed by atoms with Crippen LogP contribution in [0.2, 0.25) is 0 Å². The summed E-state index contributed by atoms with van der Waals surface area (Å²) in [4.78, 5) is 15.7. The molecule has 138 valence electrons. The van der Waals surface area contributed by atoms with Crippen molar-refractivity contribution in [2.45, 2.75) is 13.1 Å². The zero-order chi connectivity index (χ0) is 18.7. The number of benzene rings is 2. The highest BCUT2D eigenvalue weighted by Gasteiger charge is 2.32. The molecular weight excluding hydrogens is 343 g/mol. The monoisotopic (exact) mass is 363 g/mol. The number of alkyl halides is 3. The van der Waals surface area contributed by atoms with Gasteiger partial charge in [-0.3, -0.25) is 4.79 Å². The summed E-state index contributed by atoms with van der Waals surface area (Å²) in [5.41, 5.74) is 1.16. The molecule has 1 aliphatic heterocycles. The smallest absolute Gasteiger partial charge is 0.368 e. The number of nitrogens with zero attached hydrogens (tertiary/aromatic N) is 2. The molecule has 0 unspecified atom stereocenters. The van der Waals surface area contributed by atoms with Crippen molar-refractivity contribution in [3.63, 3.8) is 0 Å². The molecule has 0 bridgehead atoms. The van der Waals surface area contributed by atoms with Crippen molar-refractivity contribution in [2.24, 2.45) is 0 Å². The molecule has 0 atom stereocenters. The largest absolute Gasteiger partial charge is 0.416 e. The minimum atomic E-state index is -4.45. The van der Waals surface area contributed by atoms with E-state index >= 15 is 0 Å². The minimum absolute atomic E-state index is 0.195. The summed E-state index contributed by atoms with van der Waals surface area (Å²) in [6.07, 6.45) is -4.45. The van der Waals surface area contributed by atoms with E-state index in [-0.39, 0.29) is 5.69 Å². The number of nitrogens with one attached hydrogen (secondary N) is 1. The van der Waals surface area contributed by atoms with Crippen molar-refractivity contribution >= 4 is 23.0 Å². The van der Waals surface area contributed by atoms with E-state index < -0.39 is 17.6 Å². The number of anilines is 3. The second-order valence-electron chi connectivity index (χ2n) is 6.22. The Labute approximate surface area is 150 Å². The Morgan fingerprint density at radius 3 is 2.15 bits per heavy atom. The molecule has 1 aliphatic rings. The highest BCUT2D eigenvalue weighted by atomic mass is 19.4. The number of piperazine rings is 1. The molecule has 2 aromatic carbocycles. The van der Waals surface area contributed by atoms with Crippen LogP contribution >= 0.6 is 0 Å². The Balaban J connectivity index is 1.79. The van der Waals surface area contributed by atoms with Crippen molar-refractivity contribution in [1.82, 2.24) is 0 Å². The van der Waals surface area contributed by atoms with Gasteiger partial charge in [-0.1, -0.05) is 18.2 Å². The first-order valence-electron chi connectivity index (χ1n) is 8.38. The SMILES string of the molecule is CC(=O)Nc1cc(C(F)(F)F)ccc1N1CCN(c2ccccc2)CC1. The maximum absolute atomic E-state index is 13.0. The summed E-state index contributed by atoms with van der Waals surface area (Å²) in [6, 6.07) is 13.5. The molecule has 0 radical (unpaired) electrons. The molecule has 0 aromatic heterocycles. The van der Waals surface area contributed by atoms with Crippen LogP contribution in [0.4, 0.5) is 30.2 Å². The lowest BCUT2D eigenvalue weighted by atomic mass is 10.1. The Hall–Kier alpha value is -2.70. The second-order valence-corrected chi connectivity index (χ2v) is 6.22. The molecule has 1 amide bonds. The van der Waals surface area contributed by atoms with Gasteiger partial charge in [0.05, 0.1) is 16.9 Å². The number of halogens is 3. The van der Waals surface area contributed by atoms with Gasteiger partial charge < -0.3 is 15.1 Å². The molecule has 1 saturated heterocycles. The molecule has 1 fully saturated rings. The third-order valence-corrected chi connectivity index (χ3v) is 4.38. The van der Waals surface area contributed by atoms with Gasteiger partial charge in [-0.05, 0) is 30.3 Å². The minimum Gasteiger partial charge on any atom is -0.368 e. The molecule has 2 aromatic rings. The number of hydrogen-bond donors (Lipinski definition) is 1. The number of amides is 1. The van der Waals surface area contributed by atoms with Crippen molar-refractivity contribution in [3.05, 3.63) is 54.1 Å². The molecule has 0 saturated carbocycles. The molecule has 1 N–H and O–H groups in total. The van der Waals surface area contributed by atoms with Crippen LogP contribution < -0.4 is 15.1 Å². The third-order valence-electron chi connectivity index (χ3n) is 4.38. The topological polar surface area (TPSA) is 35.6 Å². The van der Waals surface area contributed by atoms with Gasteiger partial charge in [-0.2, -0.15) is 13.2 Å². The van der Waals surface area contributed by atoms with E-state index in [0.29, 0.717) is 18.8 Å². The van der Waals surface area contributed by atoms with E-state index in [2.05, 4.69) is 10.2 Å². The van der Waals surface area contributed by atoms with Gasteiger partial charge in [0.2, 0.25) is 5.91 Å². The third kappa shape index (κ3) is 4.09. The van der Waals surface area contributed by atoms with Crippen molar-refractivity contribution in [2.75, 3.05) is 41.3 Å². The Morgan fingerprint density at radius 1 is 0.962 bits per heavy atom. The molecular formula is C19H20F3N3O. The predicted molar refractivity (Wildman–Crippen MR) is 96.6 cm³/mol. The first-order valence-corrected chi connectivity index (χ1v) is 8.38. The summed E-state index contributed by atoms with van der Waals surface area (Å²) in [5.74, 6) is -0.395. The fraction of sp³-hybridized carbons (Fsp3) is 0.316. The number of hydrogen-bond acceptors (Lipinski definition) is 3. The standard InChI is InChI=1S/C19H20F3N3O/c1-14(26)23-17-13-15(19(20,21)22)7-8-18(17)25-11-9-24(10-12-25)16-5-3-2-4-6-16/h2-8,13H,9-12H2,1H3,(H,23,26). The first-order chi connectivity index (χ1) is 12.3. The van der Waals surface area contributed by atoms with Crippen LogP contribution in [0, 0.1) is 0 Å². The van der Waals surface area contributed by atoms with Crippen LogP contribution in [0.3, 0.4) is 0 Å². The molecule has 1 heterocycles. The quantitative estimate of drug-likeness (QED) is 0.896. The maximum atomic E-state index is 13.0. The Morgan fingerprint density at radius 2 is 1.58 bits per heavy atom. The van der Waals surface area contributed by atoms with E-state index in [9.17, 15) is 18.0 Å². The van der Waals surface area contributed by atoms with Crippen LogP contribution in [0.1, 0.15) is 12.5 Å². The van der Waals surface area contributed by atoms with Crippen molar-refractivity contribution < 1.29 is 18.0 Å². The van der Waals surface area contributed by atoms with E-state index in [1.807, 2.05) is 35.2 Å². The first kappa shape index (κ1) is 18.1. The van der Waals surface area contributed by atoms with Gasteiger partial charge in [0.15, 0.2) is 0 Å². The van der Waals surface area contributed by atoms with Gasteiger partial charge >= 0.3 is 6.18 Å². The lowest BCUT2D eigenvalue weighted by Crippen LogP contribution is -2.46. The van der Waals surface area contributed by atoms with Crippen LogP contribution in [0.15, 0.2) is 48.5 Å². The highest BCUT2D eigenvalue weighted by Crippen LogP contribution is 2.36. The summed E-state index contributed by atoms with van der Waals surface area (Å²) in [6.45, 7) is 4.12. The normalized spacial score (nSPS) is 15.1. The fourth-order valence-corrected chi connectivity index (χ4v) is 3.12. The second kappa shape index (κ2) is 7.27. The van der Waals surface area contributed by atoms with Crippen LogP contribution in [-0.2, 0) is 11.0 Å². The van der Waals surface area contributed by atoms with Gasteiger partial charge in [0.1, 0.15) is 0 Å². The lowest BCUT2D eigenvalue weighted by Gasteiger charge is -2.38. The van der Waals surface area contributed by atoms with Crippen LogP contribution in [0.25, 0.3) is 0 Å². The fourth-order valence-electron chi connectivity index (χ4n) is 3.12. The summed E-state index contributed by atoms with van der Waals surface area (Å²) >= 11 is 0. The Kier molecular flexibility index (Phi) is 5.06. The van der Waals surface area contributed by atoms with Gasteiger partial charge in [-0.25, -0.2) is 0 Å². The number of para-hydroxylation sites is 1. The van der Waals surface area contributed by atoms with E-state index in [4.69, 9.17) is 0 Å². The zero-order valence-electron chi connectivity index (χ0n) is 14.4. The van der Waals surface area contributed by atoms with Crippen molar-refractivity contribution in [3.8, 4) is 0 Å². The summed E-state index contributed by atoms with van der Waals surface area (Å²) in [7, 11) is 0. The number of rotatable bonds is 3. The van der Waals surface area contributed by atoms with E-state index in [0.717, 1.165) is 30.9 Å². The number of carbonyl (C=O) groups excluding carboxylic acids is 1. The average molecular weight is 363 g/mol. The van der Waals surface area contributed by atoms with Gasteiger partial charge in [-0.15, -0.1) is 0 Å². The van der Waals surface area contributed by atoms with Crippen LogP contribution in [-0.4, -0.2) is 32.1 Å². The average Bonchev–Trinajstić information content (AvgIpc) is 2.61. The molecule has 3 rings (SSSR count). The highest BCUT2D eigenvalue weighted by molar-refractivity contribution is 5.93. The summed E-state index contributed by atoms with van der Waals surface area (Å²) in [5, 5.41) is 2.53. The predicted octanol–water partition coefficient (Wildman–Crippen LogP) is 3.99. The molecule has 0 spiro atoms. The maximum Gasteiger partial charge on any atom is 0.416 e. The Bertz CT molecular complexity index is 769. The van der Waals surface area contributed by atoms with Crippen molar-refractivity contribution in [1.29, 1.82) is 0 Å². The molecule has 4 nitrogen and oxygen atoms in total. The molecule has 26 heavy (non-hydrogen) atoms.